The zero-order valence-electron chi connectivity index (χ0n) is 16.7. The van der Waals surface area contributed by atoms with E-state index in [2.05, 4.69) is 48.3 Å². The second-order valence-electron chi connectivity index (χ2n) is 7.71. The summed E-state index contributed by atoms with van der Waals surface area (Å²) in [6.45, 7) is 9.95. The summed E-state index contributed by atoms with van der Waals surface area (Å²) < 4.78 is 5.63. The van der Waals surface area contributed by atoms with E-state index in [-0.39, 0.29) is 29.4 Å². The molecule has 2 aliphatic heterocycles. The molecule has 0 aromatic heterocycles. The summed E-state index contributed by atoms with van der Waals surface area (Å²) in [5.74, 6) is 0.576. The summed E-state index contributed by atoms with van der Waals surface area (Å²) in [6.07, 6.45) is 4.54. The van der Waals surface area contributed by atoms with Crippen molar-refractivity contribution in [3.63, 3.8) is 0 Å². The lowest BCUT2D eigenvalue weighted by Crippen LogP contribution is -2.44. The van der Waals surface area contributed by atoms with Gasteiger partial charge >= 0.3 is 0 Å². The normalized spacial score (nSPS) is 23.0. The van der Waals surface area contributed by atoms with Gasteiger partial charge in [0.15, 0.2) is 5.96 Å². The van der Waals surface area contributed by atoms with Gasteiger partial charge in [-0.05, 0) is 56.8 Å². The number of guanidine groups is 1. The van der Waals surface area contributed by atoms with Crippen LogP contribution in [0.1, 0.15) is 43.7 Å². The van der Waals surface area contributed by atoms with E-state index >= 15 is 0 Å². The molecule has 3 N–H and O–H groups in total. The maximum atomic E-state index is 6.22. The summed E-state index contributed by atoms with van der Waals surface area (Å²) in [4.78, 5) is 7.28. The van der Waals surface area contributed by atoms with Gasteiger partial charge < -0.3 is 15.8 Å². The fraction of sp³-hybridized carbons (Fsp3) is 0.667. The molecular weight excluding hydrogens is 451 g/mol. The van der Waals surface area contributed by atoms with Crippen LogP contribution in [0.3, 0.4) is 0 Å². The molecule has 0 aliphatic carbocycles. The van der Waals surface area contributed by atoms with Crippen molar-refractivity contribution in [3.05, 3.63) is 35.4 Å². The zero-order chi connectivity index (χ0) is 18.4. The van der Waals surface area contributed by atoms with Gasteiger partial charge in [0.05, 0.1) is 6.54 Å². The van der Waals surface area contributed by atoms with Gasteiger partial charge in [-0.2, -0.15) is 0 Å². The summed E-state index contributed by atoms with van der Waals surface area (Å²) in [5.41, 5.74) is 8.99. The van der Waals surface area contributed by atoms with Gasteiger partial charge in [-0.15, -0.1) is 24.0 Å². The van der Waals surface area contributed by atoms with Crippen molar-refractivity contribution < 1.29 is 4.74 Å². The second kappa shape index (κ2) is 10.6. The van der Waals surface area contributed by atoms with E-state index in [4.69, 9.17) is 15.5 Å². The van der Waals surface area contributed by atoms with Crippen LogP contribution in [-0.2, 0) is 10.2 Å². The molecule has 0 bridgehead atoms. The maximum absolute atomic E-state index is 6.22. The number of benzene rings is 1. The summed E-state index contributed by atoms with van der Waals surface area (Å²) in [7, 11) is 0. The highest BCUT2D eigenvalue weighted by Crippen LogP contribution is 2.36. The highest BCUT2D eigenvalue weighted by Gasteiger charge is 2.35. The Bertz CT molecular complexity index is 616. The van der Waals surface area contributed by atoms with Crippen LogP contribution in [0, 0.1) is 6.92 Å². The molecule has 2 fully saturated rings. The van der Waals surface area contributed by atoms with Crippen LogP contribution in [0.4, 0.5) is 0 Å². The van der Waals surface area contributed by atoms with E-state index < -0.39 is 0 Å². The average Bonchev–Trinajstić information content (AvgIpc) is 3.13. The number of hydrogen-bond donors (Lipinski definition) is 2. The molecule has 3 rings (SSSR count). The minimum Gasteiger partial charge on any atom is -0.381 e. The first-order valence-corrected chi connectivity index (χ1v) is 10.1. The van der Waals surface area contributed by atoms with Crippen molar-refractivity contribution in [1.82, 2.24) is 10.2 Å². The van der Waals surface area contributed by atoms with Crippen molar-refractivity contribution in [2.45, 2.75) is 51.0 Å². The average molecular weight is 486 g/mol. The standard InChI is InChI=1S/C21H34N4O.HI/c1-3-25-12-6-8-18(25)15-23-20(22)24-16-21(10-13-26-14-11-21)19-9-5-4-7-17(19)2;/h4-5,7,9,18H,3,6,8,10-16H2,1-2H3,(H3,22,23,24);1H. The van der Waals surface area contributed by atoms with E-state index in [9.17, 15) is 0 Å². The lowest BCUT2D eigenvalue weighted by atomic mass is 9.72. The Hall–Kier alpha value is -0.860. The first kappa shape index (κ1) is 22.4. The fourth-order valence-electron chi connectivity index (χ4n) is 4.50. The first-order chi connectivity index (χ1) is 12.6. The number of ether oxygens (including phenoxy) is 1. The monoisotopic (exact) mass is 486 g/mol. The van der Waals surface area contributed by atoms with Crippen LogP contribution >= 0.6 is 24.0 Å². The number of nitrogens with one attached hydrogen (secondary N) is 1. The Morgan fingerprint density at radius 3 is 2.78 bits per heavy atom. The van der Waals surface area contributed by atoms with Crippen LogP contribution in [0.2, 0.25) is 0 Å². The molecular formula is C21H35IN4O. The van der Waals surface area contributed by atoms with E-state index in [1.54, 1.807) is 0 Å². The fourth-order valence-corrected chi connectivity index (χ4v) is 4.50. The number of nitrogens with zero attached hydrogens (tertiary/aromatic N) is 2. The number of hydrogen-bond acceptors (Lipinski definition) is 3. The van der Waals surface area contributed by atoms with E-state index in [0.717, 1.165) is 45.7 Å². The van der Waals surface area contributed by atoms with Crippen molar-refractivity contribution in [1.29, 1.82) is 0 Å². The van der Waals surface area contributed by atoms with Crippen LogP contribution in [0.15, 0.2) is 29.3 Å². The van der Waals surface area contributed by atoms with Gasteiger partial charge in [-0.3, -0.25) is 9.89 Å². The van der Waals surface area contributed by atoms with Gasteiger partial charge in [0.1, 0.15) is 0 Å². The first-order valence-electron chi connectivity index (χ1n) is 10.1. The van der Waals surface area contributed by atoms with Crippen molar-refractivity contribution in [3.8, 4) is 0 Å². The van der Waals surface area contributed by atoms with Crippen molar-refractivity contribution in [2.75, 3.05) is 39.4 Å². The third-order valence-electron chi connectivity index (χ3n) is 6.14. The Balaban J connectivity index is 0.00000261. The Labute approximate surface area is 181 Å². The third-order valence-corrected chi connectivity index (χ3v) is 6.14. The summed E-state index contributed by atoms with van der Waals surface area (Å²) in [5, 5.41) is 3.37. The lowest BCUT2D eigenvalue weighted by Gasteiger charge is -2.37. The molecule has 0 saturated carbocycles. The number of nitrogens with two attached hydrogens (primary N) is 1. The van der Waals surface area contributed by atoms with Crippen LogP contribution in [-0.4, -0.2) is 56.3 Å². The van der Waals surface area contributed by atoms with Gasteiger partial charge in [0, 0.05) is 31.2 Å². The van der Waals surface area contributed by atoms with Crippen molar-refractivity contribution >= 4 is 29.9 Å². The number of rotatable bonds is 6. The summed E-state index contributed by atoms with van der Waals surface area (Å²) >= 11 is 0. The number of likely N-dealkylation sites (tertiary alicyclic amines) is 1. The van der Waals surface area contributed by atoms with Crippen LogP contribution < -0.4 is 11.1 Å². The maximum Gasteiger partial charge on any atom is 0.188 e. The van der Waals surface area contributed by atoms with E-state index in [1.807, 2.05) is 0 Å². The molecule has 5 nitrogen and oxygen atoms in total. The minimum absolute atomic E-state index is 0. The molecule has 2 aliphatic rings. The number of halogens is 1. The van der Waals surface area contributed by atoms with Gasteiger partial charge in [0.25, 0.3) is 0 Å². The van der Waals surface area contributed by atoms with E-state index in [0.29, 0.717) is 12.0 Å². The smallest absolute Gasteiger partial charge is 0.188 e. The topological polar surface area (TPSA) is 62.9 Å². The largest absolute Gasteiger partial charge is 0.381 e. The lowest BCUT2D eigenvalue weighted by molar-refractivity contribution is 0.0529. The Morgan fingerprint density at radius 1 is 1.33 bits per heavy atom. The predicted octanol–water partition coefficient (Wildman–Crippen LogP) is 3.05. The quantitative estimate of drug-likeness (QED) is 0.369. The van der Waals surface area contributed by atoms with E-state index in [1.165, 1.54) is 30.5 Å². The molecule has 1 aromatic rings. The molecule has 1 unspecified atom stereocenters. The predicted molar refractivity (Wildman–Crippen MR) is 123 cm³/mol. The molecule has 2 heterocycles. The Morgan fingerprint density at radius 2 is 2.07 bits per heavy atom. The highest BCUT2D eigenvalue weighted by molar-refractivity contribution is 14.0. The van der Waals surface area contributed by atoms with Gasteiger partial charge in [0.2, 0.25) is 0 Å². The molecule has 0 spiro atoms. The molecule has 0 radical (unpaired) electrons. The minimum atomic E-state index is 0. The van der Waals surface area contributed by atoms with Crippen LogP contribution in [0.5, 0.6) is 0 Å². The molecule has 0 amide bonds. The van der Waals surface area contributed by atoms with Crippen molar-refractivity contribution in [2.24, 2.45) is 10.7 Å². The molecule has 2 saturated heterocycles. The summed E-state index contributed by atoms with van der Waals surface area (Å²) in [6, 6.07) is 9.26. The molecule has 1 aromatic carbocycles. The molecule has 6 heteroatoms. The molecule has 1 atom stereocenters. The SMILES string of the molecule is CCN1CCCC1CNC(N)=NCC1(c2ccccc2C)CCOCC1.I. The van der Waals surface area contributed by atoms with Gasteiger partial charge in [-0.1, -0.05) is 31.2 Å². The Kier molecular flexibility index (Phi) is 8.82. The highest BCUT2D eigenvalue weighted by atomic mass is 127. The molecule has 152 valence electrons. The zero-order valence-corrected chi connectivity index (χ0v) is 19.1. The van der Waals surface area contributed by atoms with Gasteiger partial charge in [-0.25, -0.2) is 0 Å². The van der Waals surface area contributed by atoms with Crippen LogP contribution in [0.25, 0.3) is 0 Å². The molecule has 27 heavy (non-hydrogen) atoms. The number of aryl methyl sites for hydroxylation is 1. The number of aliphatic imine (C=N–C) groups is 1. The second-order valence-corrected chi connectivity index (χ2v) is 7.71. The third kappa shape index (κ3) is 5.57. The number of likely N-dealkylation sites (N-methyl/N-ethyl adjacent to an activating group) is 1.